The Hall–Kier alpha value is -1.99. The molecule has 1 aliphatic rings. The van der Waals surface area contributed by atoms with E-state index in [-0.39, 0.29) is 12.1 Å². The molecule has 128 valence electrons. The predicted molar refractivity (Wildman–Crippen MR) is 79.0 cm³/mol. The van der Waals surface area contributed by atoms with E-state index in [9.17, 15) is 18.0 Å². The molecule has 0 aliphatic heterocycles. The number of aromatic nitrogens is 1. The van der Waals surface area contributed by atoms with Crippen molar-refractivity contribution < 1.29 is 22.7 Å². The van der Waals surface area contributed by atoms with Gasteiger partial charge in [0.25, 0.3) is 0 Å². The van der Waals surface area contributed by atoms with Crippen LogP contribution in [0.3, 0.4) is 0 Å². The van der Waals surface area contributed by atoms with Gasteiger partial charge in [0.15, 0.2) is 0 Å². The van der Waals surface area contributed by atoms with Crippen LogP contribution in [0.2, 0.25) is 0 Å². The molecule has 1 aromatic rings. The molecule has 1 heterocycles. The molecule has 0 aromatic carbocycles. The first kappa shape index (κ1) is 17.4. The molecule has 1 amide bonds. The van der Waals surface area contributed by atoms with Crippen molar-refractivity contribution in [2.75, 3.05) is 5.32 Å². The number of hydrogen-bond donors (Lipinski definition) is 2. The maximum absolute atomic E-state index is 12.4. The number of ether oxygens (including phenoxy) is 1. The van der Waals surface area contributed by atoms with E-state index in [1.807, 2.05) is 0 Å². The van der Waals surface area contributed by atoms with Gasteiger partial charge in [-0.3, -0.25) is 0 Å². The maximum Gasteiger partial charge on any atom is 0.417 e. The van der Waals surface area contributed by atoms with Gasteiger partial charge in [-0.05, 0) is 45.7 Å². The number of halogens is 3. The average Bonchev–Trinajstić information content (AvgIpc) is 2.33. The van der Waals surface area contributed by atoms with E-state index < -0.39 is 23.4 Å². The Balaban J connectivity index is 1.75. The summed E-state index contributed by atoms with van der Waals surface area (Å²) in [5.41, 5.74) is -1.32. The summed E-state index contributed by atoms with van der Waals surface area (Å²) in [5.74, 6) is 0.388. The number of alkyl carbamates (subject to hydrolysis) is 1. The minimum Gasteiger partial charge on any atom is -0.444 e. The summed E-state index contributed by atoms with van der Waals surface area (Å²) in [4.78, 5) is 15.3. The van der Waals surface area contributed by atoms with Gasteiger partial charge < -0.3 is 15.4 Å². The zero-order valence-electron chi connectivity index (χ0n) is 13.2. The standard InChI is InChI=1S/C15H20F3N3O2/c1-14(2,3)23-13(22)21-11-6-10(7-11)20-12-5-4-9(8-19-12)15(16,17)18/h4-5,8,10-11H,6-7H2,1-3H3,(H,19,20)(H,21,22). The number of nitrogens with zero attached hydrogens (tertiary/aromatic N) is 1. The Labute approximate surface area is 132 Å². The number of pyridine rings is 1. The third kappa shape index (κ3) is 5.30. The van der Waals surface area contributed by atoms with Crippen LogP contribution in [-0.4, -0.2) is 28.8 Å². The third-order valence-corrected chi connectivity index (χ3v) is 3.30. The normalized spacial score (nSPS) is 21.3. The summed E-state index contributed by atoms with van der Waals surface area (Å²) >= 11 is 0. The molecule has 2 N–H and O–H groups in total. The molecule has 0 bridgehead atoms. The van der Waals surface area contributed by atoms with Gasteiger partial charge in [0.2, 0.25) is 0 Å². The lowest BCUT2D eigenvalue weighted by Gasteiger charge is -2.36. The second kappa shape index (κ2) is 6.25. The highest BCUT2D eigenvalue weighted by molar-refractivity contribution is 5.68. The summed E-state index contributed by atoms with van der Waals surface area (Å²) in [6.45, 7) is 5.36. The lowest BCUT2D eigenvalue weighted by molar-refractivity contribution is -0.137. The zero-order chi connectivity index (χ0) is 17.3. The molecule has 1 aliphatic carbocycles. The largest absolute Gasteiger partial charge is 0.444 e. The van der Waals surface area contributed by atoms with Crippen molar-refractivity contribution in [3.05, 3.63) is 23.9 Å². The highest BCUT2D eigenvalue weighted by Gasteiger charge is 2.33. The summed E-state index contributed by atoms with van der Waals surface area (Å²) in [5, 5.41) is 5.79. The van der Waals surface area contributed by atoms with Crippen LogP contribution in [0.15, 0.2) is 18.3 Å². The number of carbonyl (C=O) groups is 1. The first-order valence-corrected chi connectivity index (χ1v) is 7.32. The maximum atomic E-state index is 12.4. The Morgan fingerprint density at radius 2 is 1.87 bits per heavy atom. The Bertz CT molecular complexity index is 547. The van der Waals surface area contributed by atoms with Crippen LogP contribution < -0.4 is 10.6 Å². The third-order valence-electron chi connectivity index (χ3n) is 3.30. The number of amides is 1. The van der Waals surface area contributed by atoms with Crippen molar-refractivity contribution in [2.45, 2.75) is 57.5 Å². The molecule has 0 saturated heterocycles. The summed E-state index contributed by atoms with van der Waals surface area (Å²) < 4.78 is 42.5. The number of nitrogens with one attached hydrogen (secondary N) is 2. The highest BCUT2D eigenvalue weighted by atomic mass is 19.4. The number of hydrogen-bond acceptors (Lipinski definition) is 4. The molecule has 23 heavy (non-hydrogen) atoms. The van der Waals surface area contributed by atoms with E-state index in [0.717, 1.165) is 12.3 Å². The molecule has 0 atom stereocenters. The van der Waals surface area contributed by atoms with E-state index in [1.165, 1.54) is 6.07 Å². The van der Waals surface area contributed by atoms with E-state index in [4.69, 9.17) is 4.74 Å². The summed E-state index contributed by atoms with van der Waals surface area (Å²) in [6, 6.07) is 2.36. The molecule has 8 heteroatoms. The molecule has 5 nitrogen and oxygen atoms in total. The Kier molecular flexibility index (Phi) is 4.72. The molecule has 2 rings (SSSR count). The molecule has 1 aromatic heterocycles. The van der Waals surface area contributed by atoms with Gasteiger partial charge in [-0.15, -0.1) is 0 Å². The molecule has 1 fully saturated rings. The van der Waals surface area contributed by atoms with Gasteiger partial charge in [0, 0.05) is 18.3 Å². The van der Waals surface area contributed by atoms with Gasteiger partial charge in [-0.2, -0.15) is 13.2 Å². The number of rotatable bonds is 3. The SMILES string of the molecule is CC(C)(C)OC(=O)NC1CC(Nc2ccc(C(F)(F)F)cn2)C1. The number of alkyl halides is 3. The molecule has 1 saturated carbocycles. The van der Waals surface area contributed by atoms with Crippen LogP contribution in [0.1, 0.15) is 39.2 Å². The lowest BCUT2D eigenvalue weighted by Crippen LogP contribution is -2.50. The number of carbonyl (C=O) groups excluding carboxylic acids is 1. The van der Waals surface area contributed by atoms with E-state index in [0.29, 0.717) is 18.7 Å². The van der Waals surface area contributed by atoms with Crippen molar-refractivity contribution in [3.63, 3.8) is 0 Å². The zero-order valence-corrected chi connectivity index (χ0v) is 13.2. The summed E-state index contributed by atoms with van der Waals surface area (Å²) in [7, 11) is 0. The monoisotopic (exact) mass is 331 g/mol. The van der Waals surface area contributed by atoms with Crippen LogP contribution in [0.25, 0.3) is 0 Å². The fourth-order valence-electron chi connectivity index (χ4n) is 2.18. The highest BCUT2D eigenvalue weighted by Crippen LogP contribution is 2.29. The minimum absolute atomic E-state index is 0.00296. The molecule has 0 spiro atoms. The number of anilines is 1. The van der Waals surface area contributed by atoms with E-state index >= 15 is 0 Å². The van der Waals surface area contributed by atoms with Gasteiger partial charge >= 0.3 is 12.3 Å². The van der Waals surface area contributed by atoms with Crippen molar-refractivity contribution in [1.82, 2.24) is 10.3 Å². The van der Waals surface area contributed by atoms with Gasteiger partial charge in [-0.1, -0.05) is 0 Å². The predicted octanol–water partition coefficient (Wildman–Crippen LogP) is 3.57. The Morgan fingerprint density at radius 1 is 1.22 bits per heavy atom. The van der Waals surface area contributed by atoms with E-state index in [1.54, 1.807) is 20.8 Å². The second-order valence-electron chi connectivity index (χ2n) is 6.59. The Morgan fingerprint density at radius 3 is 2.35 bits per heavy atom. The van der Waals surface area contributed by atoms with Crippen molar-refractivity contribution in [1.29, 1.82) is 0 Å². The van der Waals surface area contributed by atoms with Crippen LogP contribution >= 0.6 is 0 Å². The smallest absolute Gasteiger partial charge is 0.417 e. The minimum atomic E-state index is -4.38. The van der Waals surface area contributed by atoms with Crippen LogP contribution in [-0.2, 0) is 10.9 Å². The quantitative estimate of drug-likeness (QED) is 0.889. The molecular formula is C15H20F3N3O2. The van der Waals surface area contributed by atoms with Crippen molar-refractivity contribution in [3.8, 4) is 0 Å². The van der Waals surface area contributed by atoms with Crippen LogP contribution in [0.4, 0.5) is 23.8 Å². The second-order valence-corrected chi connectivity index (χ2v) is 6.59. The van der Waals surface area contributed by atoms with Crippen LogP contribution in [0, 0.1) is 0 Å². The molecule has 0 unspecified atom stereocenters. The first-order valence-electron chi connectivity index (χ1n) is 7.32. The topological polar surface area (TPSA) is 63.2 Å². The first-order chi connectivity index (χ1) is 10.5. The van der Waals surface area contributed by atoms with Crippen molar-refractivity contribution in [2.24, 2.45) is 0 Å². The summed E-state index contributed by atoms with van der Waals surface area (Å²) in [6.07, 6.45) is -2.71. The average molecular weight is 331 g/mol. The molecule has 0 radical (unpaired) electrons. The van der Waals surface area contributed by atoms with Crippen molar-refractivity contribution >= 4 is 11.9 Å². The van der Waals surface area contributed by atoms with E-state index in [2.05, 4.69) is 15.6 Å². The lowest BCUT2D eigenvalue weighted by atomic mass is 9.87. The van der Waals surface area contributed by atoms with Crippen LogP contribution in [0.5, 0.6) is 0 Å². The fraction of sp³-hybridized carbons (Fsp3) is 0.600. The van der Waals surface area contributed by atoms with Gasteiger partial charge in [0.05, 0.1) is 5.56 Å². The van der Waals surface area contributed by atoms with Gasteiger partial charge in [-0.25, -0.2) is 9.78 Å². The molecular weight excluding hydrogens is 311 g/mol. The fourth-order valence-corrected chi connectivity index (χ4v) is 2.18. The van der Waals surface area contributed by atoms with Gasteiger partial charge in [0.1, 0.15) is 11.4 Å².